The smallest absolute Gasteiger partial charge is 0.365 e. The first-order chi connectivity index (χ1) is 17.1. The molecule has 0 radical (unpaired) electrons. The summed E-state index contributed by atoms with van der Waals surface area (Å²) in [6.45, 7) is 0. The fourth-order valence-corrected chi connectivity index (χ4v) is 5.32. The normalized spacial score (nSPS) is 13.1. The second-order valence-corrected chi connectivity index (χ2v) is 9.41. The molecule has 6 rings (SSSR count). The lowest BCUT2D eigenvalue weighted by molar-refractivity contribution is -0.734. The maximum absolute atomic E-state index is 11.1. The molecule has 174 valence electrons. The molecule has 5 aromatic rings. The lowest BCUT2D eigenvalue weighted by atomic mass is 9.92. The van der Waals surface area contributed by atoms with Crippen LogP contribution in [0.3, 0.4) is 0 Å². The molecule has 10 heteroatoms. The molecule has 0 bridgehead atoms. The number of thiazole rings is 1. The Bertz CT molecular complexity index is 1510. The fourth-order valence-electron chi connectivity index (χ4n) is 4.37. The predicted octanol–water partition coefficient (Wildman–Crippen LogP) is 4.62. The number of aryl methyl sites for hydroxylation is 2. The summed E-state index contributed by atoms with van der Waals surface area (Å²) in [4.78, 5) is 18.9. The molecule has 35 heavy (non-hydrogen) atoms. The average Bonchev–Trinajstić information content (AvgIpc) is 3.51. The van der Waals surface area contributed by atoms with Crippen molar-refractivity contribution in [2.45, 2.75) is 25.7 Å². The number of nitro groups is 1. The van der Waals surface area contributed by atoms with Gasteiger partial charge in [0.05, 0.1) is 16.7 Å². The quantitative estimate of drug-likeness (QED) is 0.205. The molecule has 0 saturated heterocycles. The van der Waals surface area contributed by atoms with E-state index in [0.717, 1.165) is 34.4 Å². The molecule has 9 nitrogen and oxygen atoms in total. The number of tetrazole rings is 1. The van der Waals surface area contributed by atoms with E-state index in [1.165, 1.54) is 36.1 Å². The van der Waals surface area contributed by atoms with E-state index in [1.807, 2.05) is 24.3 Å². The van der Waals surface area contributed by atoms with E-state index in [9.17, 15) is 10.1 Å². The minimum Gasteiger partial charge on any atom is -0.497 e. The van der Waals surface area contributed by atoms with Crippen molar-refractivity contribution >= 4 is 27.2 Å². The minimum absolute atomic E-state index is 0.0151. The Hall–Kier alpha value is -4.18. The molecule has 2 heterocycles. The van der Waals surface area contributed by atoms with Crippen LogP contribution in [0.1, 0.15) is 24.0 Å². The molecule has 2 aromatic heterocycles. The van der Waals surface area contributed by atoms with E-state index < -0.39 is 4.92 Å². The van der Waals surface area contributed by atoms with Crippen molar-refractivity contribution < 1.29 is 14.5 Å². The Morgan fingerprint density at radius 2 is 1.74 bits per heavy atom. The first kappa shape index (κ1) is 21.4. The zero-order chi connectivity index (χ0) is 23.9. The van der Waals surface area contributed by atoms with Crippen LogP contribution in [0.15, 0.2) is 60.7 Å². The molecule has 0 saturated carbocycles. The van der Waals surface area contributed by atoms with Crippen LogP contribution in [0, 0.1) is 10.1 Å². The molecule has 1 aliphatic carbocycles. The van der Waals surface area contributed by atoms with Crippen LogP contribution in [0.4, 0.5) is 5.69 Å². The first-order valence-electron chi connectivity index (χ1n) is 11.3. The first-order valence-corrected chi connectivity index (χ1v) is 12.1. The summed E-state index contributed by atoms with van der Waals surface area (Å²) >= 11 is 1.55. The van der Waals surface area contributed by atoms with Crippen LogP contribution >= 0.6 is 11.3 Å². The van der Waals surface area contributed by atoms with E-state index >= 15 is 0 Å². The van der Waals surface area contributed by atoms with Gasteiger partial charge in [-0.15, -0.1) is 0 Å². The zero-order valence-electron chi connectivity index (χ0n) is 18.9. The average molecular weight is 486 g/mol. The number of hydrogen-bond acceptors (Lipinski definition) is 7. The molecular formula is C25H21N6O3S+. The van der Waals surface area contributed by atoms with Gasteiger partial charge in [-0.3, -0.25) is 10.1 Å². The number of methoxy groups -OCH3 is 1. The van der Waals surface area contributed by atoms with Gasteiger partial charge in [0.2, 0.25) is 0 Å². The van der Waals surface area contributed by atoms with Gasteiger partial charge in [-0.1, -0.05) is 16.3 Å². The van der Waals surface area contributed by atoms with Crippen molar-refractivity contribution in [2.24, 2.45) is 0 Å². The number of hydrogen-bond donors (Lipinski definition) is 0. The van der Waals surface area contributed by atoms with E-state index in [4.69, 9.17) is 19.9 Å². The van der Waals surface area contributed by atoms with E-state index in [0.29, 0.717) is 16.6 Å². The molecule has 0 spiro atoms. The Balaban J connectivity index is 1.49. The third-order valence-corrected chi connectivity index (χ3v) is 7.19. The largest absolute Gasteiger partial charge is 0.497 e. The summed E-state index contributed by atoms with van der Waals surface area (Å²) < 4.78 is 6.37. The van der Waals surface area contributed by atoms with Crippen molar-refractivity contribution in [3.05, 3.63) is 81.9 Å². The maximum atomic E-state index is 11.1. The Kier molecular flexibility index (Phi) is 5.22. The second-order valence-electron chi connectivity index (χ2n) is 8.40. The molecule has 0 aliphatic heterocycles. The van der Waals surface area contributed by atoms with Crippen molar-refractivity contribution in [3.63, 3.8) is 0 Å². The number of benzene rings is 3. The van der Waals surface area contributed by atoms with Crippen LogP contribution in [-0.4, -0.2) is 32.0 Å². The number of nitrogens with zero attached hydrogens (tertiary/aromatic N) is 6. The minimum atomic E-state index is -0.419. The molecule has 0 atom stereocenters. The molecule has 0 unspecified atom stereocenters. The van der Waals surface area contributed by atoms with Gasteiger partial charge in [0, 0.05) is 22.8 Å². The highest BCUT2D eigenvalue weighted by molar-refractivity contribution is 7.20. The van der Waals surface area contributed by atoms with Crippen LogP contribution in [-0.2, 0) is 12.8 Å². The fraction of sp³-hybridized carbons (Fsp3) is 0.200. The van der Waals surface area contributed by atoms with Crippen LogP contribution < -0.4 is 9.53 Å². The van der Waals surface area contributed by atoms with Gasteiger partial charge in [-0.05, 0) is 100 Å². The molecule has 0 fully saturated rings. The lowest BCUT2D eigenvalue weighted by Gasteiger charge is -2.14. The zero-order valence-corrected chi connectivity index (χ0v) is 19.7. The maximum Gasteiger partial charge on any atom is 0.365 e. The summed E-state index contributed by atoms with van der Waals surface area (Å²) in [7, 11) is 1.62. The third-order valence-electron chi connectivity index (χ3n) is 6.21. The van der Waals surface area contributed by atoms with Gasteiger partial charge in [-0.2, -0.15) is 0 Å². The number of ether oxygens (including phenoxy) is 1. The Morgan fingerprint density at radius 1 is 1.03 bits per heavy atom. The highest BCUT2D eigenvalue weighted by atomic mass is 32.1. The summed E-state index contributed by atoms with van der Waals surface area (Å²) in [5.74, 6) is 1.25. The molecule has 0 N–H and O–H groups in total. The van der Waals surface area contributed by atoms with Gasteiger partial charge in [-0.25, -0.2) is 0 Å². The van der Waals surface area contributed by atoms with Crippen LogP contribution in [0.5, 0.6) is 5.75 Å². The van der Waals surface area contributed by atoms with Gasteiger partial charge in [0.15, 0.2) is 5.52 Å². The van der Waals surface area contributed by atoms with E-state index in [1.54, 1.807) is 40.2 Å². The third kappa shape index (κ3) is 3.91. The summed E-state index contributed by atoms with van der Waals surface area (Å²) in [6, 6.07) is 18.2. The molecular weight excluding hydrogens is 464 g/mol. The number of fused-ring (bicyclic) bond motifs is 2. The number of aromatic nitrogens is 5. The second kappa shape index (κ2) is 8.55. The number of rotatable bonds is 5. The summed E-state index contributed by atoms with van der Waals surface area (Å²) in [6.07, 6.45) is 4.63. The Morgan fingerprint density at radius 3 is 2.43 bits per heavy atom. The van der Waals surface area contributed by atoms with Crippen LogP contribution in [0.25, 0.3) is 32.4 Å². The van der Waals surface area contributed by atoms with Gasteiger partial charge >= 0.3 is 5.13 Å². The topological polar surface area (TPSA) is 99.8 Å². The van der Waals surface area contributed by atoms with E-state index in [2.05, 4.69) is 12.1 Å². The Labute approximate surface area is 204 Å². The van der Waals surface area contributed by atoms with Crippen molar-refractivity contribution in [1.82, 2.24) is 20.0 Å². The standard InChI is InChI=1S/C25H21N6O3S/c1-34-21-12-6-16(7-13-21)24-27-29(19-8-10-20(11-9-19)31(32)33)30(28-24)25-26-22-14-17-4-2-3-5-18(17)15-23(22)35-25/h6-15H,2-5H2,1H3/q+1. The lowest BCUT2D eigenvalue weighted by Crippen LogP contribution is -2.43. The molecule has 1 aliphatic rings. The molecule has 3 aromatic carbocycles. The highest BCUT2D eigenvalue weighted by Crippen LogP contribution is 2.30. The van der Waals surface area contributed by atoms with Crippen LogP contribution in [0.2, 0.25) is 0 Å². The van der Waals surface area contributed by atoms with Crippen molar-refractivity contribution in [3.8, 4) is 28.0 Å². The number of nitro benzene ring substituents is 1. The van der Waals surface area contributed by atoms with Gasteiger partial charge in [0.1, 0.15) is 11.4 Å². The summed E-state index contributed by atoms with van der Waals surface area (Å²) in [5.41, 5.74) is 5.20. The predicted molar refractivity (Wildman–Crippen MR) is 131 cm³/mol. The number of non-ortho nitro benzene ring substituents is 1. The highest BCUT2D eigenvalue weighted by Gasteiger charge is 2.26. The van der Waals surface area contributed by atoms with Crippen molar-refractivity contribution in [2.75, 3.05) is 7.11 Å². The summed E-state index contributed by atoms with van der Waals surface area (Å²) in [5, 5.41) is 21.3. The SMILES string of the molecule is COc1ccc(-c2nn(-c3ccc([N+](=O)[O-])cc3)[n+](-c3nc4cc5c(cc4s3)CCCC5)n2)cc1. The van der Waals surface area contributed by atoms with E-state index in [-0.39, 0.29) is 5.69 Å². The van der Waals surface area contributed by atoms with Crippen molar-refractivity contribution in [1.29, 1.82) is 0 Å². The van der Waals surface area contributed by atoms with Gasteiger partial charge < -0.3 is 4.74 Å². The molecule has 0 amide bonds. The van der Waals surface area contributed by atoms with Gasteiger partial charge in [0.25, 0.3) is 11.5 Å². The monoisotopic (exact) mass is 485 g/mol.